The van der Waals surface area contributed by atoms with E-state index in [2.05, 4.69) is 0 Å². The van der Waals surface area contributed by atoms with E-state index in [1.54, 1.807) is 13.8 Å². The number of halogens is 1. The fraction of sp³-hybridized carbons (Fsp3) is 0.429. The highest BCUT2D eigenvalue weighted by atomic mass is 19.1. The quantitative estimate of drug-likeness (QED) is 0.749. The highest BCUT2D eigenvalue weighted by Gasteiger charge is 2.21. The summed E-state index contributed by atoms with van der Waals surface area (Å²) in [5.74, 6) is -1.04. The molecule has 0 aliphatic carbocycles. The van der Waals surface area contributed by atoms with Crippen molar-refractivity contribution in [3.05, 3.63) is 34.6 Å². The lowest BCUT2D eigenvalue weighted by molar-refractivity contribution is 0.0915. The average Bonchev–Trinajstić information content (AvgIpc) is 2.25. The molecule has 0 amide bonds. The number of hydrogen-bond acceptors (Lipinski definition) is 2. The first-order valence-corrected chi connectivity index (χ1v) is 5.73. The van der Waals surface area contributed by atoms with E-state index in [1.807, 2.05) is 6.92 Å². The lowest BCUT2D eigenvalue weighted by Crippen LogP contribution is -2.16. The first-order chi connectivity index (χ1) is 7.88. The maximum atomic E-state index is 13.3. The average molecular weight is 236 g/mol. The van der Waals surface area contributed by atoms with Crippen molar-refractivity contribution in [2.45, 2.75) is 34.1 Å². The van der Waals surface area contributed by atoms with Gasteiger partial charge in [-0.25, -0.2) is 4.39 Å². The number of rotatable bonds is 4. The molecular formula is C14H17FO2. The molecule has 3 heteroatoms. The van der Waals surface area contributed by atoms with Crippen molar-refractivity contribution in [3.8, 4) is 0 Å². The molecule has 0 aromatic heterocycles. The molecule has 0 aliphatic heterocycles. The Morgan fingerprint density at radius 1 is 1.35 bits per heavy atom. The molecule has 0 radical (unpaired) electrons. The van der Waals surface area contributed by atoms with Crippen molar-refractivity contribution >= 4 is 11.6 Å². The van der Waals surface area contributed by atoms with Gasteiger partial charge in [0.1, 0.15) is 5.82 Å². The van der Waals surface area contributed by atoms with Gasteiger partial charge >= 0.3 is 0 Å². The van der Waals surface area contributed by atoms with E-state index in [9.17, 15) is 14.0 Å². The lowest BCUT2D eigenvalue weighted by Gasteiger charge is -2.13. The van der Waals surface area contributed by atoms with Gasteiger partial charge in [0.2, 0.25) is 0 Å². The van der Waals surface area contributed by atoms with Gasteiger partial charge in [-0.3, -0.25) is 9.59 Å². The largest absolute Gasteiger partial charge is 0.294 e. The number of benzene rings is 1. The van der Waals surface area contributed by atoms with Crippen LogP contribution in [0.3, 0.4) is 0 Å². The Labute approximate surface area is 101 Å². The van der Waals surface area contributed by atoms with Gasteiger partial charge < -0.3 is 0 Å². The fourth-order valence-electron chi connectivity index (χ4n) is 1.86. The molecule has 0 aliphatic rings. The predicted molar refractivity (Wildman–Crippen MR) is 64.9 cm³/mol. The van der Waals surface area contributed by atoms with Crippen molar-refractivity contribution in [1.29, 1.82) is 0 Å². The topological polar surface area (TPSA) is 34.1 Å². The zero-order chi connectivity index (χ0) is 13.2. The summed E-state index contributed by atoms with van der Waals surface area (Å²) in [5, 5.41) is 0. The molecule has 0 saturated carbocycles. The van der Waals surface area contributed by atoms with Crippen molar-refractivity contribution in [1.82, 2.24) is 0 Å². The number of carbonyl (C=O) groups excluding carboxylic acids is 2. The van der Waals surface area contributed by atoms with Gasteiger partial charge in [-0.15, -0.1) is 0 Å². The third kappa shape index (κ3) is 2.78. The Hall–Kier alpha value is -1.51. The summed E-state index contributed by atoms with van der Waals surface area (Å²) in [5.41, 5.74) is 1.07. The fourth-order valence-corrected chi connectivity index (χ4v) is 1.86. The Kier molecular flexibility index (Phi) is 4.16. The molecule has 17 heavy (non-hydrogen) atoms. The first-order valence-electron chi connectivity index (χ1n) is 5.73. The summed E-state index contributed by atoms with van der Waals surface area (Å²) in [7, 11) is 0. The van der Waals surface area contributed by atoms with Crippen LogP contribution in [0.1, 0.15) is 53.5 Å². The van der Waals surface area contributed by atoms with Gasteiger partial charge in [0.15, 0.2) is 11.6 Å². The first kappa shape index (κ1) is 13.6. The summed E-state index contributed by atoms with van der Waals surface area (Å²) in [6.07, 6.45) is 0.672. The second-order valence-electron chi connectivity index (χ2n) is 4.37. The van der Waals surface area contributed by atoms with Crippen molar-refractivity contribution in [2.24, 2.45) is 5.92 Å². The summed E-state index contributed by atoms with van der Waals surface area (Å²) in [6, 6.07) is 2.45. The second-order valence-corrected chi connectivity index (χ2v) is 4.37. The van der Waals surface area contributed by atoms with Crippen LogP contribution >= 0.6 is 0 Å². The van der Waals surface area contributed by atoms with Crippen LogP contribution in [0, 0.1) is 18.7 Å². The molecule has 2 nitrogen and oxygen atoms in total. The molecular weight excluding hydrogens is 219 g/mol. The van der Waals surface area contributed by atoms with Crippen molar-refractivity contribution in [2.75, 3.05) is 0 Å². The SMILES string of the molecule is CC[C@@H](C)C(=O)c1cc(F)cc(C)c1C(C)=O. The Morgan fingerprint density at radius 3 is 2.41 bits per heavy atom. The van der Waals surface area contributed by atoms with E-state index in [0.29, 0.717) is 17.5 Å². The van der Waals surface area contributed by atoms with Gasteiger partial charge in [0.25, 0.3) is 0 Å². The van der Waals surface area contributed by atoms with Crippen LogP contribution in [0.4, 0.5) is 4.39 Å². The minimum Gasteiger partial charge on any atom is -0.294 e. The second kappa shape index (κ2) is 5.21. The van der Waals surface area contributed by atoms with E-state index in [4.69, 9.17) is 0 Å². The predicted octanol–water partition coefficient (Wildman–Crippen LogP) is 3.57. The lowest BCUT2D eigenvalue weighted by atomic mass is 9.90. The van der Waals surface area contributed by atoms with E-state index in [0.717, 1.165) is 6.07 Å². The van der Waals surface area contributed by atoms with Crippen LogP contribution in [-0.4, -0.2) is 11.6 Å². The smallest absolute Gasteiger partial charge is 0.166 e. The molecule has 92 valence electrons. The Bertz CT molecular complexity index is 464. The molecule has 0 fully saturated rings. The summed E-state index contributed by atoms with van der Waals surface area (Å²) in [6.45, 7) is 6.72. The van der Waals surface area contributed by atoms with E-state index in [1.165, 1.54) is 13.0 Å². The normalized spacial score (nSPS) is 12.3. The van der Waals surface area contributed by atoms with Gasteiger partial charge in [0.05, 0.1) is 0 Å². The number of Topliss-reactive ketones (excluding diaryl/α,β-unsaturated/α-hetero) is 2. The summed E-state index contributed by atoms with van der Waals surface area (Å²) >= 11 is 0. The number of hydrogen-bond donors (Lipinski definition) is 0. The molecule has 0 spiro atoms. The van der Waals surface area contributed by atoms with E-state index >= 15 is 0 Å². The minimum absolute atomic E-state index is 0.166. The molecule has 0 unspecified atom stereocenters. The number of aryl methyl sites for hydroxylation is 1. The van der Waals surface area contributed by atoms with Crippen LogP contribution in [-0.2, 0) is 0 Å². The van der Waals surface area contributed by atoms with Crippen LogP contribution in [0.5, 0.6) is 0 Å². The zero-order valence-corrected chi connectivity index (χ0v) is 10.6. The molecule has 1 rings (SSSR count). The van der Waals surface area contributed by atoms with Gasteiger partial charge in [-0.1, -0.05) is 13.8 Å². The minimum atomic E-state index is -0.473. The van der Waals surface area contributed by atoms with Crippen LogP contribution in [0.25, 0.3) is 0 Å². The summed E-state index contributed by atoms with van der Waals surface area (Å²) < 4.78 is 13.3. The zero-order valence-electron chi connectivity index (χ0n) is 10.6. The van der Waals surface area contributed by atoms with Crippen LogP contribution < -0.4 is 0 Å². The Morgan fingerprint density at radius 2 is 1.94 bits per heavy atom. The van der Waals surface area contributed by atoms with E-state index < -0.39 is 5.82 Å². The molecule has 0 N–H and O–H groups in total. The highest BCUT2D eigenvalue weighted by molar-refractivity contribution is 6.09. The standard InChI is InChI=1S/C14H17FO2/c1-5-8(2)14(17)12-7-11(15)6-9(3)13(12)10(4)16/h6-8H,5H2,1-4H3/t8-/m1/s1. The molecule has 1 aromatic carbocycles. The van der Waals surface area contributed by atoms with Gasteiger partial charge in [-0.2, -0.15) is 0 Å². The maximum absolute atomic E-state index is 13.3. The molecule has 0 heterocycles. The van der Waals surface area contributed by atoms with E-state index in [-0.39, 0.29) is 23.0 Å². The highest BCUT2D eigenvalue weighted by Crippen LogP contribution is 2.21. The van der Waals surface area contributed by atoms with Crippen LogP contribution in [0.2, 0.25) is 0 Å². The molecule has 1 aromatic rings. The molecule has 0 bridgehead atoms. The van der Waals surface area contributed by atoms with Gasteiger partial charge in [-0.05, 0) is 38.0 Å². The maximum Gasteiger partial charge on any atom is 0.166 e. The van der Waals surface area contributed by atoms with Crippen LogP contribution in [0.15, 0.2) is 12.1 Å². The molecule has 0 saturated heterocycles. The Balaban J connectivity index is 3.40. The third-order valence-corrected chi connectivity index (χ3v) is 2.98. The number of carbonyl (C=O) groups is 2. The van der Waals surface area contributed by atoms with Crippen molar-refractivity contribution < 1.29 is 14.0 Å². The third-order valence-electron chi connectivity index (χ3n) is 2.98. The van der Waals surface area contributed by atoms with Gasteiger partial charge in [0, 0.05) is 17.0 Å². The summed E-state index contributed by atoms with van der Waals surface area (Å²) in [4.78, 5) is 23.6. The monoisotopic (exact) mass is 236 g/mol. The molecule has 1 atom stereocenters. The number of ketones is 2. The van der Waals surface area contributed by atoms with Crippen molar-refractivity contribution in [3.63, 3.8) is 0 Å².